The molecule has 0 aliphatic rings. The molecule has 1 aromatic carbocycles. The number of rotatable bonds is 4. The first-order chi connectivity index (χ1) is 10.0. The number of carbonyl (C=O) groups excluding carboxylic acids is 1. The highest BCUT2D eigenvalue weighted by Crippen LogP contribution is 2.13. The third-order valence-electron chi connectivity index (χ3n) is 2.84. The molecule has 2 rings (SSSR count). The van der Waals surface area contributed by atoms with Crippen molar-refractivity contribution < 1.29 is 14.6 Å². The van der Waals surface area contributed by atoms with Crippen molar-refractivity contribution in [1.82, 2.24) is 9.55 Å². The van der Waals surface area contributed by atoms with Crippen molar-refractivity contribution in [2.45, 2.75) is 13.5 Å². The molecule has 0 bridgehead atoms. The molecule has 0 unspecified atom stereocenters. The van der Waals surface area contributed by atoms with Gasteiger partial charge in [0, 0.05) is 0 Å². The molecule has 0 atom stereocenters. The monoisotopic (exact) mass is 290 g/mol. The number of nitrogens with one attached hydrogen (secondary N) is 1. The van der Waals surface area contributed by atoms with Gasteiger partial charge in [-0.2, -0.15) is 0 Å². The zero-order valence-corrected chi connectivity index (χ0v) is 11.3. The van der Waals surface area contributed by atoms with Gasteiger partial charge in [0.15, 0.2) is 5.56 Å². The fourth-order valence-corrected chi connectivity index (χ4v) is 1.86. The van der Waals surface area contributed by atoms with E-state index in [-0.39, 0.29) is 13.2 Å². The molecule has 0 aliphatic carbocycles. The van der Waals surface area contributed by atoms with E-state index in [1.54, 1.807) is 31.2 Å². The lowest BCUT2D eigenvalue weighted by molar-refractivity contribution is 0.0518. The molecule has 0 fully saturated rings. The standard InChI is InChI=1S/C14H14N2O5/c1-2-21-13(19)10-11(17)15-14(20)16(12(10)18)8-9-6-4-3-5-7-9/h3-7,18H,2,8H2,1H3,(H,15,17,20). The van der Waals surface area contributed by atoms with Crippen molar-refractivity contribution >= 4 is 5.97 Å². The Morgan fingerprint density at radius 2 is 1.95 bits per heavy atom. The molecule has 21 heavy (non-hydrogen) atoms. The minimum Gasteiger partial charge on any atom is -0.494 e. The van der Waals surface area contributed by atoms with Gasteiger partial charge in [-0.15, -0.1) is 0 Å². The van der Waals surface area contributed by atoms with Crippen LogP contribution in [0.15, 0.2) is 39.9 Å². The molecule has 7 nitrogen and oxygen atoms in total. The summed E-state index contributed by atoms with van der Waals surface area (Å²) in [5, 5.41) is 10.1. The van der Waals surface area contributed by atoms with Crippen LogP contribution in [0.4, 0.5) is 0 Å². The van der Waals surface area contributed by atoms with Crippen LogP contribution in [-0.4, -0.2) is 27.2 Å². The molecule has 0 radical (unpaired) electrons. The van der Waals surface area contributed by atoms with Gasteiger partial charge >= 0.3 is 11.7 Å². The summed E-state index contributed by atoms with van der Waals surface area (Å²) in [6.45, 7) is 1.65. The van der Waals surface area contributed by atoms with E-state index in [1.165, 1.54) is 0 Å². The number of benzene rings is 1. The molecule has 0 aliphatic heterocycles. The Bertz CT molecular complexity index is 761. The van der Waals surface area contributed by atoms with E-state index in [4.69, 9.17) is 4.74 Å². The molecule has 110 valence electrons. The van der Waals surface area contributed by atoms with Gasteiger partial charge in [0.05, 0.1) is 13.2 Å². The molecule has 1 aromatic heterocycles. The summed E-state index contributed by atoms with van der Waals surface area (Å²) in [7, 11) is 0. The quantitative estimate of drug-likeness (QED) is 0.797. The fourth-order valence-electron chi connectivity index (χ4n) is 1.86. The summed E-state index contributed by atoms with van der Waals surface area (Å²) in [5.41, 5.74) is -1.61. The lowest BCUT2D eigenvalue weighted by Crippen LogP contribution is -2.34. The minimum atomic E-state index is -0.974. The summed E-state index contributed by atoms with van der Waals surface area (Å²) in [6, 6.07) is 8.86. The summed E-state index contributed by atoms with van der Waals surface area (Å²) in [4.78, 5) is 37.1. The van der Waals surface area contributed by atoms with Gasteiger partial charge in [0.1, 0.15) is 0 Å². The number of aromatic hydroxyl groups is 1. The molecule has 0 saturated carbocycles. The number of H-pyrrole nitrogens is 1. The largest absolute Gasteiger partial charge is 0.494 e. The Balaban J connectivity index is 2.52. The third-order valence-corrected chi connectivity index (χ3v) is 2.84. The van der Waals surface area contributed by atoms with Crippen molar-refractivity contribution in [1.29, 1.82) is 0 Å². The van der Waals surface area contributed by atoms with Crippen molar-refractivity contribution in [2.75, 3.05) is 6.61 Å². The van der Waals surface area contributed by atoms with E-state index in [2.05, 4.69) is 0 Å². The number of hydrogen-bond acceptors (Lipinski definition) is 5. The number of aromatic nitrogens is 2. The molecule has 1 heterocycles. The van der Waals surface area contributed by atoms with Crippen LogP contribution in [0, 0.1) is 0 Å². The van der Waals surface area contributed by atoms with Crippen LogP contribution < -0.4 is 11.2 Å². The van der Waals surface area contributed by atoms with Crippen LogP contribution >= 0.6 is 0 Å². The summed E-state index contributed by atoms with van der Waals surface area (Å²) in [6.07, 6.45) is 0. The van der Waals surface area contributed by atoms with Gasteiger partial charge in [0.2, 0.25) is 5.88 Å². The zero-order chi connectivity index (χ0) is 15.4. The van der Waals surface area contributed by atoms with E-state index in [9.17, 15) is 19.5 Å². The van der Waals surface area contributed by atoms with Crippen molar-refractivity contribution in [3.63, 3.8) is 0 Å². The summed E-state index contributed by atoms with van der Waals surface area (Å²) in [5.74, 6) is -1.68. The fraction of sp³-hybridized carbons (Fsp3) is 0.214. The predicted molar refractivity (Wildman–Crippen MR) is 74.5 cm³/mol. The first-order valence-corrected chi connectivity index (χ1v) is 6.31. The molecule has 0 spiro atoms. The van der Waals surface area contributed by atoms with Gasteiger partial charge in [-0.3, -0.25) is 14.3 Å². The topological polar surface area (TPSA) is 101 Å². The van der Waals surface area contributed by atoms with Crippen LogP contribution in [0.2, 0.25) is 0 Å². The van der Waals surface area contributed by atoms with Crippen LogP contribution in [0.25, 0.3) is 0 Å². The summed E-state index contributed by atoms with van der Waals surface area (Å²) >= 11 is 0. The van der Waals surface area contributed by atoms with E-state index >= 15 is 0 Å². The number of aromatic amines is 1. The number of esters is 1. The minimum absolute atomic E-state index is 0.0225. The van der Waals surface area contributed by atoms with Gasteiger partial charge in [-0.05, 0) is 12.5 Å². The van der Waals surface area contributed by atoms with Crippen molar-refractivity contribution in [3.8, 4) is 5.88 Å². The first-order valence-electron chi connectivity index (χ1n) is 6.31. The molecular weight excluding hydrogens is 276 g/mol. The third kappa shape index (κ3) is 3.02. The maximum Gasteiger partial charge on any atom is 0.349 e. The van der Waals surface area contributed by atoms with Gasteiger partial charge in [-0.25, -0.2) is 9.59 Å². The van der Waals surface area contributed by atoms with Crippen LogP contribution in [0.5, 0.6) is 5.88 Å². The SMILES string of the molecule is CCOC(=O)c1c(O)n(Cc2ccccc2)c(=O)[nH]c1=O. The van der Waals surface area contributed by atoms with Crippen LogP contribution in [0.3, 0.4) is 0 Å². The van der Waals surface area contributed by atoms with E-state index in [0.717, 1.165) is 10.1 Å². The number of carbonyl (C=O) groups is 1. The average molecular weight is 290 g/mol. The van der Waals surface area contributed by atoms with E-state index in [1.807, 2.05) is 11.1 Å². The van der Waals surface area contributed by atoms with Gasteiger partial charge < -0.3 is 9.84 Å². The van der Waals surface area contributed by atoms with Gasteiger partial charge in [-0.1, -0.05) is 30.3 Å². The number of ether oxygens (including phenoxy) is 1. The lowest BCUT2D eigenvalue weighted by Gasteiger charge is -2.10. The molecule has 7 heteroatoms. The summed E-state index contributed by atoms with van der Waals surface area (Å²) < 4.78 is 5.61. The molecule has 2 aromatic rings. The Labute approximate surface area is 119 Å². The Kier molecular flexibility index (Phi) is 4.22. The highest BCUT2D eigenvalue weighted by Gasteiger charge is 2.22. The highest BCUT2D eigenvalue weighted by atomic mass is 16.5. The van der Waals surface area contributed by atoms with Crippen LogP contribution in [-0.2, 0) is 11.3 Å². The molecule has 2 N–H and O–H groups in total. The maximum absolute atomic E-state index is 11.8. The van der Waals surface area contributed by atoms with E-state index in [0.29, 0.717) is 0 Å². The predicted octanol–water partition coefficient (Wildman–Crippen LogP) is 0.467. The van der Waals surface area contributed by atoms with Crippen molar-refractivity contribution in [3.05, 3.63) is 62.3 Å². The molecular formula is C14H14N2O5. The normalized spacial score (nSPS) is 10.3. The average Bonchev–Trinajstić information content (AvgIpc) is 2.44. The first kappa shape index (κ1) is 14.6. The molecule has 0 amide bonds. The highest BCUT2D eigenvalue weighted by molar-refractivity contribution is 5.91. The second kappa shape index (κ2) is 6.08. The second-order valence-electron chi connectivity index (χ2n) is 4.25. The smallest absolute Gasteiger partial charge is 0.349 e. The van der Waals surface area contributed by atoms with Crippen molar-refractivity contribution in [2.24, 2.45) is 0 Å². The molecule has 0 saturated heterocycles. The lowest BCUT2D eigenvalue weighted by atomic mass is 10.2. The van der Waals surface area contributed by atoms with E-state index < -0.39 is 28.7 Å². The second-order valence-corrected chi connectivity index (χ2v) is 4.25. The Morgan fingerprint density at radius 3 is 2.57 bits per heavy atom. The Morgan fingerprint density at radius 1 is 1.29 bits per heavy atom. The van der Waals surface area contributed by atoms with Gasteiger partial charge in [0.25, 0.3) is 5.56 Å². The zero-order valence-electron chi connectivity index (χ0n) is 11.3. The number of hydrogen-bond donors (Lipinski definition) is 2. The maximum atomic E-state index is 11.8. The van der Waals surface area contributed by atoms with Crippen LogP contribution in [0.1, 0.15) is 22.8 Å². The Hall–Kier alpha value is -2.83. The number of nitrogens with zero attached hydrogens (tertiary/aromatic N) is 1.